The van der Waals surface area contributed by atoms with Gasteiger partial charge in [0.05, 0.1) is 0 Å². The van der Waals surface area contributed by atoms with Crippen LogP contribution in [0.1, 0.15) is 33.1 Å². The Kier molecular flexibility index (Phi) is 2.71. The van der Waals surface area contributed by atoms with E-state index in [0.717, 1.165) is 11.7 Å². The molecule has 1 fully saturated rings. The Morgan fingerprint density at radius 1 is 1.55 bits per heavy atom. The van der Waals surface area contributed by atoms with E-state index in [1.807, 2.05) is 0 Å². The van der Waals surface area contributed by atoms with Gasteiger partial charge in [0.25, 0.3) is 0 Å². The number of hydrogen-bond donors (Lipinski definition) is 2. The van der Waals surface area contributed by atoms with Crippen LogP contribution in [0.4, 0.5) is 0 Å². The van der Waals surface area contributed by atoms with Gasteiger partial charge in [0.2, 0.25) is 0 Å². The molecule has 1 saturated carbocycles. The van der Waals surface area contributed by atoms with Crippen molar-refractivity contribution in [2.45, 2.75) is 38.6 Å². The number of rotatable bonds is 2. The minimum absolute atomic E-state index is 0.291. The maximum Gasteiger partial charge on any atom is 0.166 e. The fourth-order valence-electron chi connectivity index (χ4n) is 1.31. The number of nitrogens with one attached hydrogen (secondary N) is 2. The van der Waals surface area contributed by atoms with Crippen molar-refractivity contribution in [3.05, 3.63) is 0 Å². The third-order valence-electron chi connectivity index (χ3n) is 2.21. The Labute approximate surface area is 73.7 Å². The number of hydrogen-bond acceptors (Lipinski definition) is 1. The summed E-state index contributed by atoms with van der Waals surface area (Å²) in [7, 11) is 0. The summed E-state index contributed by atoms with van der Waals surface area (Å²) >= 11 is 5.08. The molecular weight excluding hydrogens is 156 g/mol. The van der Waals surface area contributed by atoms with E-state index in [-0.39, 0.29) is 0 Å². The van der Waals surface area contributed by atoms with Crippen LogP contribution >= 0.6 is 12.2 Å². The fourth-order valence-corrected chi connectivity index (χ4v) is 1.70. The molecule has 0 bridgehead atoms. The molecule has 0 aromatic rings. The Morgan fingerprint density at radius 3 is 2.55 bits per heavy atom. The second kappa shape index (κ2) is 3.39. The maximum absolute atomic E-state index is 5.08. The van der Waals surface area contributed by atoms with Gasteiger partial charge >= 0.3 is 0 Å². The average molecular weight is 172 g/mol. The van der Waals surface area contributed by atoms with Gasteiger partial charge in [-0.1, -0.05) is 0 Å². The van der Waals surface area contributed by atoms with Crippen LogP contribution in [0.15, 0.2) is 0 Å². The first-order valence-electron chi connectivity index (χ1n) is 4.22. The highest BCUT2D eigenvalue weighted by Crippen LogP contribution is 2.30. The molecule has 0 aromatic carbocycles. The molecule has 1 aliphatic carbocycles. The van der Waals surface area contributed by atoms with E-state index < -0.39 is 0 Å². The summed E-state index contributed by atoms with van der Waals surface area (Å²) in [6.07, 6.45) is 3.83. The minimum atomic E-state index is 0.291. The van der Waals surface area contributed by atoms with Gasteiger partial charge in [-0.05, 0) is 45.3 Å². The quantitative estimate of drug-likeness (QED) is 0.616. The van der Waals surface area contributed by atoms with E-state index in [1.54, 1.807) is 0 Å². The van der Waals surface area contributed by atoms with Gasteiger partial charge in [0, 0.05) is 12.1 Å². The predicted octanol–water partition coefficient (Wildman–Crippen LogP) is 1.41. The summed E-state index contributed by atoms with van der Waals surface area (Å²) < 4.78 is 0. The molecule has 64 valence electrons. The Balaban J connectivity index is 2.23. The molecule has 0 unspecified atom stereocenters. The van der Waals surface area contributed by atoms with Gasteiger partial charge in [-0.25, -0.2) is 0 Å². The van der Waals surface area contributed by atoms with Crippen LogP contribution in [0.5, 0.6) is 0 Å². The first-order chi connectivity index (χ1) is 5.16. The second-order valence-electron chi connectivity index (χ2n) is 3.40. The van der Waals surface area contributed by atoms with E-state index in [0.29, 0.717) is 5.54 Å². The zero-order valence-corrected chi connectivity index (χ0v) is 8.05. The van der Waals surface area contributed by atoms with Crippen LogP contribution in [0.3, 0.4) is 0 Å². The van der Waals surface area contributed by atoms with E-state index >= 15 is 0 Å². The molecule has 0 aromatic heterocycles. The smallest absolute Gasteiger partial charge is 0.166 e. The predicted molar refractivity (Wildman–Crippen MR) is 51.7 cm³/mol. The Hall–Kier alpha value is -0.310. The van der Waals surface area contributed by atoms with Crippen LogP contribution in [0.2, 0.25) is 0 Å². The normalized spacial score (nSPS) is 20.2. The molecule has 0 aliphatic heterocycles. The number of thiocarbonyl (C=S) groups is 1. The lowest BCUT2D eigenvalue weighted by molar-refractivity contribution is 0.243. The first-order valence-corrected chi connectivity index (χ1v) is 4.63. The standard InChI is InChI=1S/C8H16N2S/c1-3-9-7(11)10-8(2)5-4-6-8/h3-6H2,1-2H3,(H2,9,10,11). The molecule has 1 rings (SSSR count). The average Bonchev–Trinajstić information content (AvgIpc) is 1.85. The molecule has 0 spiro atoms. The van der Waals surface area contributed by atoms with Crippen molar-refractivity contribution in [2.75, 3.05) is 6.54 Å². The van der Waals surface area contributed by atoms with Gasteiger partial charge in [-0.3, -0.25) is 0 Å². The molecule has 0 heterocycles. The molecule has 0 radical (unpaired) electrons. The lowest BCUT2D eigenvalue weighted by atomic mass is 9.79. The van der Waals surface area contributed by atoms with Gasteiger partial charge in [0.15, 0.2) is 5.11 Å². The molecule has 3 heteroatoms. The molecule has 2 nitrogen and oxygen atoms in total. The Morgan fingerprint density at radius 2 is 2.18 bits per heavy atom. The SMILES string of the molecule is CCNC(=S)NC1(C)CCC1. The van der Waals surface area contributed by atoms with Crippen molar-refractivity contribution in [2.24, 2.45) is 0 Å². The summed E-state index contributed by atoms with van der Waals surface area (Å²) in [5, 5.41) is 7.20. The van der Waals surface area contributed by atoms with Crippen LogP contribution in [0.25, 0.3) is 0 Å². The van der Waals surface area contributed by atoms with Crippen LogP contribution < -0.4 is 10.6 Å². The zero-order valence-electron chi connectivity index (χ0n) is 7.24. The lowest BCUT2D eigenvalue weighted by Crippen LogP contribution is -2.54. The molecule has 0 saturated heterocycles. The van der Waals surface area contributed by atoms with Gasteiger partial charge < -0.3 is 10.6 Å². The maximum atomic E-state index is 5.08. The molecule has 1 aliphatic rings. The molecular formula is C8H16N2S. The molecule has 2 N–H and O–H groups in total. The van der Waals surface area contributed by atoms with Crippen molar-refractivity contribution in [3.63, 3.8) is 0 Å². The van der Waals surface area contributed by atoms with Crippen molar-refractivity contribution >= 4 is 17.3 Å². The highest BCUT2D eigenvalue weighted by Gasteiger charge is 2.31. The van der Waals surface area contributed by atoms with Crippen LogP contribution in [-0.4, -0.2) is 17.2 Å². The molecule has 0 atom stereocenters. The third kappa shape index (κ3) is 2.33. The van der Waals surface area contributed by atoms with Crippen molar-refractivity contribution < 1.29 is 0 Å². The lowest BCUT2D eigenvalue weighted by Gasteiger charge is -2.40. The van der Waals surface area contributed by atoms with Gasteiger partial charge in [-0.15, -0.1) is 0 Å². The van der Waals surface area contributed by atoms with Gasteiger partial charge in [-0.2, -0.15) is 0 Å². The van der Waals surface area contributed by atoms with Crippen molar-refractivity contribution in [3.8, 4) is 0 Å². The summed E-state index contributed by atoms with van der Waals surface area (Å²) in [5.74, 6) is 0. The van der Waals surface area contributed by atoms with E-state index in [2.05, 4.69) is 24.5 Å². The third-order valence-corrected chi connectivity index (χ3v) is 2.46. The van der Waals surface area contributed by atoms with Crippen molar-refractivity contribution in [1.29, 1.82) is 0 Å². The second-order valence-corrected chi connectivity index (χ2v) is 3.81. The van der Waals surface area contributed by atoms with E-state index in [9.17, 15) is 0 Å². The largest absolute Gasteiger partial charge is 0.363 e. The Bertz CT molecular complexity index is 152. The van der Waals surface area contributed by atoms with E-state index in [4.69, 9.17) is 12.2 Å². The summed E-state index contributed by atoms with van der Waals surface area (Å²) in [5.41, 5.74) is 0.291. The highest BCUT2D eigenvalue weighted by molar-refractivity contribution is 7.80. The van der Waals surface area contributed by atoms with Crippen molar-refractivity contribution in [1.82, 2.24) is 10.6 Å². The zero-order chi connectivity index (χ0) is 8.32. The van der Waals surface area contributed by atoms with E-state index in [1.165, 1.54) is 19.3 Å². The summed E-state index contributed by atoms with van der Waals surface area (Å²) in [6.45, 7) is 5.18. The van der Waals surface area contributed by atoms with Crippen LogP contribution in [-0.2, 0) is 0 Å². The summed E-state index contributed by atoms with van der Waals surface area (Å²) in [4.78, 5) is 0. The molecule has 0 amide bonds. The topological polar surface area (TPSA) is 24.1 Å². The summed E-state index contributed by atoms with van der Waals surface area (Å²) in [6, 6.07) is 0. The van der Waals surface area contributed by atoms with Gasteiger partial charge in [0.1, 0.15) is 0 Å². The monoisotopic (exact) mass is 172 g/mol. The minimum Gasteiger partial charge on any atom is -0.363 e. The van der Waals surface area contributed by atoms with Crippen LogP contribution in [0, 0.1) is 0 Å². The first kappa shape index (κ1) is 8.78. The highest BCUT2D eigenvalue weighted by atomic mass is 32.1. The fraction of sp³-hybridized carbons (Fsp3) is 0.875. The molecule has 11 heavy (non-hydrogen) atoms.